The van der Waals surface area contributed by atoms with Gasteiger partial charge >= 0.3 is 6.09 Å². The van der Waals surface area contributed by atoms with Gasteiger partial charge in [-0.25, -0.2) is 4.79 Å². The van der Waals surface area contributed by atoms with E-state index < -0.39 is 0 Å². The van der Waals surface area contributed by atoms with E-state index >= 15 is 0 Å². The largest absolute Gasteiger partial charge is 0.450 e. The molecule has 1 aromatic rings. The average Bonchev–Trinajstić information content (AvgIpc) is 2.45. The quantitative estimate of drug-likeness (QED) is 0.570. The van der Waals surface area contributed by atoms with Crippen molar-refractivity contribution in [1.29, 1.82) is 0 Å². The van der Waals surface area contributed by atoms with Gasteiger partial charge < -0.3 is 10.1 Å². The molecule has 5 heteroatoms. The van der Waals surface area contributed by atoms with E-state index in [4.69, 9.17) is 4.74 Å². The van der Waals surface area contributed by atoms with Gasteiger partial charge in [-0.05, 0) is 37.6 Å². The Morgan fingerprint density at radius 3 is 2.50 bits per heavy atom. The molecule has 0 radical (unpaired) electrons. The number of rotatable bonds is 8. The van der Waals surface area contributed by atoms with Crippen LogP contribution in [0.15, 0.2) is 34.1 Å². The van der Waals surface area contributed by atoms with E-state index in [0.717, 1.165) is 5.75 Å². The third kappa shape index (κ3) is 7.10. The van der Waals surface area contributed by atoms with E-state index in [9.17, 15) is 4.79 Å². The molecule has 1 aromatic carbocycles. The van der Waals surface area contributed by atoms with Crippen LogP contribution in [0.25, 0.3) is 0 Å². The minimum Gasteiger partial charge on any atom is -0.450 e. The molecule has 1 rings (SSSR count). The van der Waals surface area contributed by atoms with E-state index in [-0.39, 0.29) is 6.09 Å². The number of amides is 1. The highest BCUT2D eigenvalue weighted by Gasteiger charge is 2.02. The second-order valence-electron chi connectivity index (χ2n) is 4.30. The van der Waals surface area contributed by atoms with E-state index in [1.54, 1.807) is 18.7 Å². The van der Waals surface area contributed by atoms with Gasteiger partial charge in [0.25, 0.3) is 0 Å². The highest BCUT2D eigenvalue weighted by Crippen LogP contribution is 2.27. The molecule has 1 amide bonds. The number of hydrogen-bond donors (Lipinski definition) is 1. The van der Waals surface area contributed by atoms with Crippen LogP contribution in [0.3, 0.4) is 0 Å². The van der Waals surface area contributed by atoms with Crippen LogP contribution in [0.5, 0.6) is 0 Å². The zero-order valence-corrected chi connectivity index (χ0v) is 14.0. The fourth-order valence-corrected chi connectivity index (χ4v) is 3.13. The summed E-state index contributed by atoms with van der Waals surface area (Å²) in [5.74, 6) is 0.844. The van der Waals surface area contributed by atoms with E-state index in [2.05, 4.69) is 43.4 Å². The lowest BCUT2D eigenvalue weighted by Gasteiger charge is -2.09. The van der Waals surface area contributed by atoms with Crippen LogP contribution in [-0.4, -0.2) is 30.2 Å². The Morgan fingerprint density at radius 2 is 1.90 bits per heavy atom. The van der Waals surface area contributed by atoms with Crippen molar-refractivity contribution >= 4 is 29.6 Å². The summed E-state index contributed by atoms with van der Waals surface area (Å²) in [5.41, 5.74) is 0. The molecule has 0 spiro atoms. The SMILES string of the molecule is CCOC(=O)NCCSc1ccc(SC(C)CC)cc1. The molecule has 1 unspecified atom stereocenters. The summed E-state index contributed by atoms with van der Waals surface area (Å²) in [4.78, 5) is 13.6. The standard InChI is InChI=1S/C15H23NO2S2/c1-4-12(3)20-14-8-6-13(7-9-14)19-11-10-16-15(17)18-5-2/h6-9,12H,4-5,10-11H2,1-3H3,(H,16,17). The first-order chi connectivity index (χ1) is 9.65. The maximum Gasteiger partial charge on any atom is 0.407 e. The number of thioether (sulfide) groups is 2. The topological polar surface area (TPSA) is 38.3 Å². The minimum atomic E-state index is -0.339. The first-order valence-corrected chi connectivity index (χ1v) is 8.82. The van der Waals surface area contributed by atoms with Crippen LogP contribution in [0, 0.1) is 0 Å². The minimum absolute atomic E-state index is 0.339. The van der Waals surface area contributed by atoms with Gasteiger partial charge in [0.05, 0.1) is 6.61 Å². The lowest BCUT2D eigenvalue weighted by molar-refractivity contribution is 0.153. The van der Waals surface area contributed by atoms with Crippen molar-refractivity contribution in [2.75, 3.05) is 18.9 Å². The molecule has 0 fully saturated rings. The van der Waals surface area contributed by atoms with Crippen LogP contribution in [0.1, 0.15) is 27.2 Å². The zero-order valence-electron chi connectivity index (χ0n) is 12.3. The Hall–Kier alpha value is -0.810. The number of nitrogens with one attached hydrogen (secondary N) is 1. The smallest absolute Gasteiger partial charge is 0.407 e. The van der Waals surface area contributed by atoms with Gasteiger partial charge in [0, 0.05) is 27.3 Å². The van der Waals surface area contributed by atoms with Crippen LogP contribution in [0.4, 0.5) is 4.79 Å². The Labute approximate surface area is 130 Å². The molecule has 3 nitrogen and oxygen atoms in total. The first-order valence-electron chi connectivity index (χ1n) is 6.95. The summed E-state index contributed by atoms with van der Waals surface area (Å²) in [6.07, 6.45) is 0.842. The lowest BCUT2D eigenvalue weighted by Crippen LogP contribution is -2.26. The molecule has 1 N–H and O–H groups in total. The summed E-state index contributed by atoms with van der Waals surface area (Å²) in [6, 6.07) is 8.61. The molecule has 112 valence electrons. The maximum absolute atomic E-state index is 11.1. The number of benzene rings is 1. The molecule has 0 bridgehead atoms. The highest BCUT2D eigenvalue weighted by atomic mass is 32.2. The van der Waals surface area contributed by atoms with Crippen LogP contribution in [0.2, 0.25) is 0 Å². The molecular formula is C15H23NO2S2. The third-order valence-corrected chi connectivity index (χ3v) is 4.95. The van der Waals surface area contributed by atoms with E-state index in [1.807, 2.05) is 11.8 Å². The number of carbonyl (C=O) groups excluding carboxylic acids is 1. The third-order valence-electron chi connectivity index (χ3n) is 2.65. The summed E-state index contributed by atoms with van der Waals surface area (Å²) in [6.45, 7) is 7.28. The highest BCUT2D eigenvalue weighted by molar-refractivity contribution is 8.00. The number of hydrogen-bond acceptors (Lipinski definition) is 4. The van der Waals surface area contributed by atoms with Crippen molar-refractivity contribution in [3.63, 3.8) is 0 Å². The summed E-state index contributed by atoms with van der Waals surface area (Å²) >= 11 is 3.64. The fourth-order valence-electron chi connectivity index (χ4n) is 1.43. The predicted octanol–water partition coefficient (Wildman–Crippen LogP) is 4.42. The van der Waals surface area contributed by atoms with Crippen LogP contribution < -0.4 is 5.32 Å². The van der Waals surface area contributed by atoms with Gasteiger partial charge in [0.1, 0.15) is 0 Å². The molecule has 0 heterocycles. The number of carbonyl (C=O) groups is 1. The summed E-state index contributed by atoms with van der Waals surface area (Å²) < 4.78 is 4.80. The van der Waals surface area contributed by atoms with Crippen molar-refractivity contribution < 1.29 is 9.53 Å². The monoisotopic (exact) mass is 313 g/mol. The molecule has 0 aliphatic rings. The average molecular weight is 313 g/mol. The normalized spacial score (nSPS) is 11.9. The summed E-state index contributed by atoms with van der Waals surface area (Å²) in [5, 5.41) is 3.37. The van der Waals surface area contributed by atoms with Gasteiger partial charge in [0.2, 0.25) is 0 Å². The second kappa shape index (κ2) is 10.00. The number of alkyl carbamates (subject to hydrolysis) is 1. The Bertz CT molecular complexity index is 395. The molecular weight excluding hydrogens is 290 g/mol. The molecule has 0 aromatic heterocycles. The van der Waals surface area contributed by atoms with Crippen molar-refractivity contribution in [2.45, 2.75) is 42.2 Å². The van der Waals surface area contributed by atoms with Crippen LogP contribution in [-0.2, 0) is 4.74 Å². The summed E-state index contributed by atoms with van der Waals surface area (Å²) in [7, 11) is 0. The van der Waals surface area contributed by atoms with Crippen molar-refractivity contribution in [1.82, 2.24) is 5.32 Å². The van der Waals surface area contributed by atoms with Crippen molar-refractivity contribution in [3.8, 4) is 0 Å². The molecule has 0 aliphatic heterocycles. The predicted molar refractivity (Wildman–Crippen MR) is 87.8 cm³/mol. The fraction of sp³-hybridized carbons (Fsp3) is 0.533. The molecule has 0 saturated heterocycles. The Balaban J connectivity index is 2.26. The molecule has 20 heavy (non-hydrogen) atoms. The Morgan fingerprint density at radius 1 is 1.25 bits per heavy atom. The van der Waals surface area contributed by atoms with Crippen LogP contribution >= 0.6 is 23.5 Å². The van der Waals surface area contributed by atoms with Gasteiger partial charge in [-0.3, -0.25) is 0 Å². The van der Waals surface area contributed by atoms with E-state index in [0.29, 0.717) is 18.4 Å². The van der Waals surface area contributed by atoms with Crippen molar-refractivity contribution in [3.05, 3.63) is 24.3 Å². The lowest BCUT2D eigenvalue weighted by atomic mass is 10.4. The maximum atomic E-state index is 11.1. The van der Waals surface area contributed by atoms with Gasteiger partial charge in [-0.15, -0.1) is 23.5 Å². The molecule has 1 atom stereocenters. The zero-order chi connectivity index (χ0) is 14.8. The Kier molecular flexibility index (Phi) is 8.62. The molecule has 0 aliphatic carbocycles. The van der Waals surface area contributed by atoms with Gasteiger partial charge in [-0.2, -0.15) is 0 Å². The van der Waals surface area contributed by atoms with E-state index in [1.165, 1.54) is 16.2 Å². The first kappa shape index (κ1) is 17.2. The van der Waals surface area contributed by atoms with Crippen molar-refractivity contribution in [2.24, 2.45) is 0 Å². The van der Waals surface area contributed by atoms with Gasteiger partial charge in [0.15, 0.2) is 0 Å². The van der Waals surface area contributed by atoms with Gasteiger partial charge in [-0.1, -0.05) is 13.8 Å². The number of ether oxygens (including phenoxy) is 1. The molecule has 0 saturated carbocycles. The second-order valence-corrected chi connectivity index (χ2v) is 6.98.